The van der Waals surface area contributed by atoms with Crippen LogP contribution in [0.1, 0.15) is 50.1 Å². The summed E-state index contributed by atoms with van der Waals surface area (Å²) in [5, 5.41) is 0. The Bertz CT molecular complexity index is 1380. The number of rotatable bonds is 7. The molecule has 0 unspecified atom stereocenters. The van der Waals surface area contributed by atoms with Crippen LogP contribution < -0.4 is 16.2 Å². The fourth-order valence-electron chi connectivity index (χ4n) is 6.07. The summed E-state index contributed by atoms with van der Waals surface area (Å²) in [6, 6.07) is 26.8. The van der Waals surface area contributed by atoms with Gasteiger partial charge in [0.2, 0.25) is 0 Å². The molecule has 8 aliphatic carbocycles. The molecule has 0 fully saturated rings. The molecule has 0 atom stereocenters. The van der Waals surface area contributed by atoms with E-state index in [0.29, 0.717) is 19.8 Å². The first kappa shape index (κ1) is 26.5. The summed E-state index contributed by atoms with van der Waals surface area (Å²) >= 11 is 0. The van der Waals surface area contributed by atoms with Crippen molar-refractivity contribution < 1.29 is 9.47 Å². The van der Waals surface area contributed by atoms with Crippen LogP contribution >= 0.6 is 0 Å². The lowest BCUT2D eigenvalue weighted by Crippen LogP contribution is -2.11. The first-order valence-electron chi connectivity index (χ1n) is 14.8. The average Bonchev–Trinajstić information content (AvgIpc) is 2.94. The Balaban J connectivity index is 1.03. The van der Waals surface area contributed by atoms with Crippen LogP contribution in [-0.2, 0) is 62.5 Å². The third-order valence-corrected chi connectivity index (χ3v) is 8.56. The van der Waals surface area contributed by atoms with E-state index in [-0.39, 0.29) is 0 Å². The second-order valence-corrected chi connectivity index (χ2v) is 11.3. The van der Waals surface area contributed by atoms with Gasteiger partial charge in [-0.05, 0) is 126 Å². The molecule has 4 N–H and O–H groups in total. The van der Waals surface area contributed by atoms with Crippen LogP contribution in [0.2, 0.25) is 0 Å². The number of nitrogens with two attached hydrogens (primary N) is 2. The normalized spacial score (nSPS) is 14.4. The lowest BCUT2D eigenvalue weighted by Gasteiger charge is -2.17. The van der Waals surface area contributed by atoms with Crippen molar-refractivity contribution in [2.24, 2.45) is 0 Å². The van der Waals surface area contributed by atoms with Gasteiger partial charge in [-0.15, -0.1) is 0 Å². The molecular weight excluding hydrogens is 492 g/mol. The molecule has 12 rings (SSSR count). The van der Waals surface area contributed by atoms with Crippen molar-refractivity contribution in [2.75, 3.05) is 31.3 Å². The number of anilines is 2. The second-order valence-electron chi connectivity index (χ2n) is 11.3. The van der Waals surface area contributed by atoms with Crippen LogP contribution in [-0.4, -0.2) is 19.8 Å². The highest BCUT2D eigenvalue weighted by Crippen LogP contribution is 2.27. The summed E-state index contributed by atoms with van der Waals surface area (Å²) in [4.78, 5) is 0. The van der Waals surface area contributed by atoms with Gasteiger partial charge in [-0.3, -0.25) is 0 Å². The fraction of sp³-hybridized carbons (Fsp3) is 0.333. The van der Waals surface area contributed by atoms with E-state index in [1.165, 1.54) is 50.1 Å². The van der Waals surface area contributed by atoms with Gasteiger partial charge < -0.3 is 20.9 Å². The molecule has 0 aromatic heterocycles. The second kappa shape index (κ2) is 12.2. The molecule has 206 valence electrons. The molecule has 0 amide bonds. The summed E-state index contributed by atoms with van der Waals surface area (Å²) in [7, 11) is 0. The number of benzene rings is 4. The molecule has 0 heterocycles. The van der Waals surface area contributed by atoms with Crippen molar-refractivity contribution in [3.05, 3.63) is 123 Å². The van der Waals surface area contributed by atoms with Crippen molar-refractivity contribution in [3.63, 3.8) is 0 Å². The molecule has 0 radical (unpaired) electrons. The van der Waals surface area contributed by atoms with E-state index >= 15 is 0 Å². The molecule has 0 aliphatic heterocycles. The zero-order valence-corrected chi connectivity index (χ0v) is 23.4. The monoisotopic (exact) mass is 532 g/mol. The van der Waals surface area contributed by atoms with Gasteiger partial charge >= 0.3 is 0 Å². The number of ether oxygens (including phenoxy) is 2. The molecule has 4 aromatic rings. The van der Waals surface area contributed by atoms with Crippen molar-refractivity contribution in [1.29, 1.82) is 0 Å². The van der Waals surface area contributed by atoms with Gasteiger partial charge in [-0.1, -0.05) is 54.6 Å². The Labute approximate surface area is 238 Å². The molecule has 8 bridgehead atoms. The minimum atomic E-state index is 0.550. The molecule has 8 aliphatic rings. The predicted octanol–water partition coefficient (Wildman–Crippen LogP) is 6.26. The maximum Gasteiger partial charge on any atom is 0.122 e. The minimum Gasteiger partial charge on any atom is -0.491 e. The summed E-state index contributed by atoms with van der Waals surface area (Å²) in [5.74, 6) is 0.984. The van der Waals surface area contributed by atoms with Crippen LogP contribution in [0.5, 0.6) is 5.75 Å². The summed E-state index contributed by atoms with van der Waals surface area (Å²) in [5.41, 5.74) is 26.3. The van der Waals surface area contributed by atoms with Gasteiger partial charge in [0.15, 0.2) is 0 Å². The van der Waals surface area contributed by atoms with Gasteiger partial charge in [0, 0.05) is 11.4 Å². The molecule has 4 heteroatoms. The Morgan fingerprint density at radius 3 is 1.60 bits per heavy atom. The van der Waals surface area contributed by atoms with Crippen LogP contribution in [0, 0.1) is 0 Å². The van der Waals surface area contributed by atoms with Crippen LogP contribution in [0.15, 0.2) is 72.8 Å². The molecule has 0 saturated heterocycles. The van der Waals surface area contributed by atoms with Gasteiger partial charge in [-0.2, -0.15) is 0 Å². The SMILES string of the molecule is Nc1cc2ccc1CCc1ccc(cc1CCOCCOc1cc3ccc1CCc1ccc(cc1N)CC3)CC2. The first-order valence-corrected chi connectivity index (χ1v) is 14.8. The largest absolute Gasteiger partial charge is 0.491 e. The summed E-state index contributed by atoms with van der Waals surface area (Å²) in [6.07, 6.45) is 8.70. The number of nitrogen functional groups attached to an aromatic ring is 2. The predicted molar refractivity (Wildman–Crippen MR) is 164 cm³/mol. The van der Waals surface area contributed by atoms with E-state index in [2.05, 4.69) is 72.8 Å². The standard InChI is InChI=1S/C36H40N2O2/c37-34-22-26-2-1-25-5-9-29(13-14-30(34)10-6-26)33(21-25)17-18-39-19-20-40-36-24-28-4-3-27-7-11-31(35(38)23-27)15-16-32(36)12-8-28/h5-12,21-24H,1-4,13-20,37-38H2. The number of aryl methyl sites for hydroxylation is 8. The van der Waals surface area contributed by atoms with Gasteiger partial charge in [0.05, 0.1) is 13.2 Å². The summed E-state index contributed by atoms with van der Waals surface area (Å²) < 4.78 is 12.4. The maximum absolute atomic E-state index is 6.35. The maximum atomic E-state index is 6.35. The van der Waals surface area contributed by atoms with E-state index in [0.717, 1.165) is 74.9 Å². The topological polar surface area (TPSA) is 70.5 Å². The zero-order valence-electron chi connectivity index (χ0n) is 23.4. The average molecular weight is 533 g/mol. The van der Waals surface area contributed by atoms with E-state index in [1.807, 2.05) is 0 Å². The Morgan fingerprint density at radius 1 is 0.475 bits per heavy atom. The Kier molecular flexibility index (Phi) is 8.06. The van der Waals surface area contributed by atoms with Crippen molar-refractivity contribution >= 4 is 11.4 Å². The number of hydrogen-bond acceptors (Lipinski definition) is 4. The molecule has 4 aromatic carbocycles. The van der Waals surface area contributed by atoms with Crippen LogP contribution in [0.3, 0.4) is 0 Å². The summed E-state index contributed by atoms with van der Waals surface area (Å²) in [6.45, 7) is 1.82. The number of hydrogen-bond donors (Lipinski definition) is 2. The molecule has 40 heavy (non-hydrogen) atoms. The van der Waals surface area contributed by atoms with E-state index in [9.17, 15) is 0 Å². The van der Waals surface area contributed by atoms with Crippen LogP contribution in [0.25, 0.3) is 0 Å². The minimum absolute atomic E-state index is 0.550. The fourth-order valence-corrected chi connectivity index (χ4v) is 6.07. The highest BCUT2D eigenvalue weighted by atomic mass is 16.5. The van der Waals surface area contributed by atoms with Crippen molar-refractivity contribution in [2.45, 2.75) is 57.8 Å². The molecular formula is C36H40N2O2. The van der Waals surface area contributed by atoms with Gasteiger partial charge in [0.25, 0.3) is 0 Å². The van der Waals surface area contributed by atoms with E-state index in [4.69, 9.17) is 20.9 Å². The van der Waals surface area contributed by atoms with E-state index in [1.54, 1.807) is 0 Å². The lowest BCUT2D eigenvalue weighted by atomic mass is 9.92. The first-order chi connectivity index (χ1) is 19.6. The zero-order chi connectivity index (χ0) is 27.3. The van der Waals surface area contributed by atoms with Crippen molar-refractivity contribution in [1.82, 2.24) is 0 Å². The Morgan fingerprint density at radius 2 is 0.975 bits per heavy atom. The van der Waals surface area contributed by atoms with Crippen molar-refractivity contribution in [3.8, 4) is 5.75 Å². The van der Waals surface area contributed by atoms with E-state index < -0.39 is 0 Å². The Hall–Kier alpha value is -3.76. The molecule has 0 spiro atoms. The highest BCUT2D eigenvalue weighted by molar-refractivity contribution is 5.51. The highest BCUT2D eigenvalue weighted by Gasteiger charge is 2.12. The van der Waals surface area contributed by atoms with Gasteiger partial charge in [-0.25, -0.2) is 0 Å². The smallest absolute Gasteiger partial charge is 0.122 e. The van der Waals surface area contributed by atoms with Gasteiger partial charge in [0.1, 0.15) is 12.4 Å². The third kappa shape index (κ3) is 6.34. The van der Waals surface area contributed by atoms with Crippen LogP contribution in [0.4, 0.5) is 11.4 Å². The quantitative estimate of drug-likeness (QED) is 0.218. The molecule has 0 saturated carbocycles. The lowest BCUT2D eigenvalue weighted by molar-refractivity contribution is 0.102. The molecule has 4 nitrogen and oxygen atoms in total. The third-order valence-electron chi connectivity index (χ3n) is 8.56.